The minimum atomic E-state index is -0.704. The molecule has 160 valence electrons. The number of benzene rings is 2. The van der Waals surface area contributed by atoms with Gasteiger partial charge in [0.2, 0.25) is 0 Å². The first-order chi connectivity index (χ1) is 14.9. The van der Waals surface area contributed by atoms with E-state index in [9.17, 15) is 18.0 Å². The molecule has 2 aromatic rings. The lowest BCUT2D eigenvalue weighted by atomic mass is 10.0. The normalized spacial score (nSPS) is 21.7. The summed E-state index contributed by atoms with van der Waals surface area (Å²) in [5.74, 6) is -1.81. The molecule has 6 nitrogen and oxygen atoms in total. The molecular weight excluding hydrogens is 431 g/mol. The van der Waals surface area contributed by atoms with E-state index in [1.54, 1.807) is 18.4 Å². The minimum absolute atomic E-state index is 0.315. The van der Waals surface area contributed by atoms with Gasteiger partial charge in [0, 0.05) is 42.9 Å². The molecule has 1 saturated heterocycles. The summed E-state index contributed by atoms with van der Waals surface area (Å²) in [6.45, 7) is 0.630. The van der Waals surface area contributed by atoms with Gasteiger partial charge in [-0.05, 0) is 41.5 Å². The van der Waals surface area contributed by atoms with Crippen LogP contribution in [0.4, 0.5) is 23.7 Å². The van der Waals surface area contributed by atoms with E-state index in [0.29, 0.717) is 41.9 Å². The Kier molecular flexibility index (Phi) is 4.86. The Morgan fingerprint density at radius 3 is 2.61 bits per heavy atom. The van der Waals surface area contributed by atoms with Gasteiger partial charge in [-0.3, -0.25) is 0 Å². The van der Waals surface area contributed by atoms with Crippen LogP contribution in [0.25, 0.3) is 6.08 Å². The third-order valence-electron chi connectivity index (χ3n) is 5.49. The highest BCUT2D eigenvalue weighted by Crippen LogP contribution is 2.35. The zero-order chi connectivity index (χ0) is 21.7. The van der Waals surface area contributed by atoms with Crippen LogP contribution in [-0.2, 0) is 0 Å². The fraction of sp³-hybridized carbons (Fsp3) is 0.238. The molecule has 0 aromatic heterocycles. The number of hydrogen-bond acceptors (Lipinski definition) is 4. The first kappa shape index (κ1) is 19.9. The number of hydrazine groups is 1. The Bertz CT molecular complexity index is 1110. The van der Waals surface area contributed by atoms with E-state index >= 15 is 0 Å². The van der Waals surface area contributed by atoms with Crippen molar-refractivity contribution in [1.29, 1.82) is 0 Å². The van der Waals surface area contributed by atoms with Crippen molar-refractivity contribution in [1.82, 2.24) is 15.3 Å². The van der Waals surface area contributed by atoms with Crippen LogP contribution in [0.15, 0.2) is 41.0 Å². The molecule has 5 rings (SSSR count). The Labute approximate surface area is 180 Å². The van der Waals surface area contributed by atoms with E-state index in [1.807, 2.05) is 0 Å². The second kappa shape index (κ2) is 7.58. The number of nitrogens with zero attached hydrogens (tertiary/aromatic N) is 3. The standard InChI is InChI=1S/C21H17ClF3N5O/c22-20-16-8-17(25)12(6-18(16)27-28-20)3-11-9-29(10-11)21(31)30-19(1-2-26-30)13-4-14(23)7-15(24)5-13/h2-8,19-20,27-28H,1,9-10H2/t19-,20?/m0/s1. The Morgan fingerprint density at radius 2 is 1.87 bits per heavy atom. The fourth-order valence-electron chi connectivity index (χ4n) is 3.93. The number of carbonyl (C=O) groups excluding carboxylic acids is 1. The van der Waals surface area contributed by atoms with Gasteiger partial charge >= 0.3 is 6.03 Å². The van der Waals surface area contributed by atoms with Gasteiger partial charge in [0.15, 0.2) is 0 Å². The maximum absolute atomic E-state index is 14.4. The maximum Gasteiger partial charge on any atom is 0.341 e. The average Bonchev–Trinajstić information content (AvgIpc) is 3.31. The number of amides is 2. The summed E-state index contributed by atoms with van der Waals surface area (Å²) < 4.78 is 41.6. The van der Waals surface area contributed by atoms with E-state index < -0.39 is 29.0 Å². The summed E-state index contributed by atoms with van der Waals surface area (Å²) in [6, 6.07) is 5.30. The molecular formula is C21H17ClF3N5O. The van der Waals surface area contributed by atoms with Crippen molar-refractivity contribution in [2.45, 2.75) is 18.0 Å². The van der Waals surface area contributed by atoms with Crippen molar-refractivity contribution in [3.05, 3.63) is 70.0 Å². The highest BCUT2D eigenvalue weighted by molar-refractivity contribution is 6.21. The van der Waals surface area contributed by atoms with Gasteiger partial charge in [-0.1, -0.05) is 11.6 Å². The van der Waals surface area contributed by atoms with Crippen LogP contribution in [0.5, 0.6) is 0 Å². The number of halogens is 4. The molecule has 0 radical (unpaired) electrons. The van der Waals surface area contributed by atoms with Gasteiger partial charge in [0.25, 0.3) is 0 Å². The number of urea groups is 1. The fourth-order valence-corrected chi connectivity index (χ4v) is 4.17. The molecule has 2 amide bonds. The lowest BCUT2D eigenvalue weighted by Crippen LogP contribution is -2.49. The Hall–Kier alpha value is -3.04. The highest BCUT2D eigenvalue weighted by atomic mass is 35.5. The lowest BCUT2D eigenvalue weighted by molar-refractivity contribution is 0.136. The molecule has 0 spiro atoms. The van der Waals surface area contributed by atoms with Gasteiger partial charge in [-0.15, -0.1) is 0 Å². The van der Waals surface area contributed by atoms with Crippen LogP contribution >= 0.6 is 11.6 Å². The minimum Gasteiger partial charge on any atom is -0.319 e. The molecule has 0 aliphatic carbocycles. The van der Waals surface area contributed by atoms with Crippen molar-refractivity contribution < 1.29 is 18.0 Å². The summed E-state index contributed by atoms with van der Waals surface area (Å²) in [7, 11) is 0. The van der Waals surface area contributed by atoms with Crippen LogP contribution in [-0.4, -0.2) is 35.2 Å². The van der Waals surface area contributed by atoms with Gasteiger partial charge < -0.3 is 10.3 Å². The van der Waals surface area contributed by atoms with Crippen molar-refractivity contribution in [2.75, 3.05) is 18.5 Å². The van der Waals surface area contributed by atoms with E-state index in [-0.39, 0.29) is 6.03 Å². The molecule has 3 heterocycles. The topological polar surface area (TPSA) is 60.0 Å². The average molecular weight is 448 g/mol. The quantitative estimate of drug-likeness (QED) is 0.525. The van der Waals surface area contributed by atoms with E-state index in [0.717, 1.165) is 11.6 Å². The number of nitrogens with one attached hydrogen (secondary N) is 2. The third kappa shape index (κ3) is 3.64. The second-order valence-corrected chi connectivity index (χ2v) is 8.07. The molecule has 2 N–H and O–H groups in total. The number of likely N-dealkylation sites (tertiary alicyclic amines) is 1. The van der Waals surface area contributed by atoms with Gasteiger partial charge in [0.1, 0.15) is 23.0 Å². The predicted molar refractivity (Wildman–Crippen MR) is 111 cm³/mol. The van der Waals surface area contributed by atoms with Gasteiger partial charge in [-0.25, -0.2) is 28.4 Å². The zero-order valence-corrected chi connectivity index (χ0v) is 16.8. The predicted octanol–water partition coefficient (Wildman–Crippen LogP) is 4.52. The molecule has 2 atom stereocenters. The monoisotopic (exact) mass is 447 g/mol. The third-order valence-corrected chi connectivity index (χ3v) is 5.83. The summed E-state index contributed by atoms with van der Waals surface area (Å²) in [5, 5.41) is 5.32. The molecule has 1 unspecified atom stereocenters. The molecule has 10 heteroatoms. The summed E-state index contributed by atoms with van der Waals surface area (Å²) >= 11 is 6.04. The van der Waals surface area contributed by atoms with Crippen molar-refractivity contribution in [3.8, 4) is 0 Å². The number of carbonyl (C=O) groups is 1. The molecule has 3 aliphatic heterocycles. The van der Waals surface area contributed by atoms with Gasteiger partial charge in [0.05, 0.1) is 11.7 Å². The highest BCUT2D eigenvalue weighted by Gasteiger charge is 2.36. The summed E-state index contributed by atoms with van der Waals surface area (Å²) in [4.78, 5) is 14.4. The Morgan fingerprint density at radius 1 is 1.13 bits per heavy atom. The van der Waals surface area contributed by atoms with Crippen LogP contribution in [0.3, 0.4) is 0 Å². The van der Waals surface area contributed by atoms with E-state index in [2.05, 4.69) is 16.0 Å². The van der Waals surface area contributed by atoms with E-state index in [1.165, 1.54) is 28.1 Å². The second-order valence-electron chi connectivity index (χ2n) is 7.63. The summed E-state index contributed by atoms with van der Waals surface area (Å²) in [6.07, 6.45) is 3.62. The number of alkyl halides is 1. The number of hydrogen-bond donors (Lipinski definition) is 2. The van der Waals surface area contributed by atoms with Crippen LogP contribution in [0, 0.1) is 17.5 Å². The van der Waals surface area contributed by atoms with E-state index in [4.69, 9.17) is 11.6 Å². The van der Waals surface area contributed by atoms with Gasteiger partial charge in [-0.2, -0.15) is 5.10 Å². The number of fused-ring (bicyclic) bond motifs is 1. The SMILES string of the molecule is O=C(N1CC(=Cc2cc3c(cc2F)C(Cl)NN3)C1)N1N=CC[C@H]1c1cc(F)cc(F)c1. The number of hydrazone groups is 1. The lowest BCUT2D eigenvalue weighted by Gasteiger charge is -2.37. The largest absolute Gasteiger partial charge is 0.341 e. The zero-order valence-electron chi connectivity index (χ0n) is 16.1. The molecule has 0 saturated carbocycles. The number of anilines is 1. The van der Waals surface area contributed by atoms with Crippen LogP contribution in [0.1, 0.15) is 34.7 Å². The number of rotatable bonds is 2. The van der Waals surface area contributed by atoms with Crippen LogP contribution in [0.2, 0.25) is 0 Å². The molecule has 3 aliphatic rings. The first-order valence-electron chi connectivity index (χ1n) is 9.64. The van der Waals surface area contributed by atoms with Crippen molar-refractivity contribution >= 4 is 35.6 Å². The molecule has 1 fully saturated rings. The van der Waals surface area contributed by atoms with Crippen LogP contribution < -0.4 is 10.9 Å². The molecule has 31 heavy (non-hydrogen) atoms. The Balaban J connectivity index is 1.28. The first-order valence-corrected chi connectivity index (χ1v) is 10.1. The molecule has 2 aromatic carbocycles. The summed E-state index contributed by atoms with van der Waals surface area (Å²) in [5.41, 5.74) is 8.17. The smallest absolute Gasteiger partial charge is 0.319 e. The maximum atomic E-state index is 14.4. The molecule has 0 bridgehead atoms. The van der Waals surface area contributed by atoms with Crippen molar-refractivity contribution in [3.63, 3.8) is 0 Å². The van der Waals surface area contributed by atoms with Crippen molar-refractivity contribution in [2.24, 2.45) is 5.10 Å².